The third kappa shape index (κ3) is 3.07. The first-order chi connectivity index (χ1) is 8.02. The summed E-state index contributed by atoms with van der Waals surface area (Å²) < 4.78 is 25.3. The van der Waals surface area contributed by atoms with Crippen LogP contribution in [-0.2, 0) is 10.0 Å². The minimum absolute atomic E-state index is 0.107. The van der Waals surface area contributed by atoms with Crippen LogP contribution >= 0.6 is 0 Å². The molecule has 17 heavy (non-hydrogen) atoms. The highest BCUT2D eigenvalue weighted by Gasteiger charge is 2.23. The van der Waals surface area contributed by atoms with E-state index >= 15 is 0 Å². The highest BCUT2D eigenvalue weighted by atomic mass is 32.2. The fraction of sp³-hybridized carbons (Fsp3) is 0.250. The lowest BCUT2D eigenvalue weighted by Gasteiger charge is -2.16. The number of hydrogen-bond donors (Lipinski definition) is 0. The molecule has 0 bridgehead atoms. The molecule has 0 aromatic heterocycles. The number of rotatable bonds is 4. The first-order valence-electron chi connectivity index (χ1n) is 4.89. The summed E-state index contributed by atoms with van der Waals surface area (Å²) in [7, 11) is -3.68. The summed E-state index contributed by atoms with van der Waals surface area (Å²) >= 11 is 0. The van der Waals surface area contributed by atoms with Gasteiger partial charge >= 0.3 is 0 Å². The molecule has 0 amide bonds. The molecular weight excluding hydrogens is 236 g/mol. The van der Waals surface area contributed by atoms with Gasteiger partial charge in [-0.25, -0.2) is 8.42 Å². The Labute approximate surface area is 102 Å². The van der Waals surface area contributed by atoms with Crippen molar-refractivity contribution in [3.8, 4) is 18.4 Å². The SMILES string of the molecule is C#CCN(CC#N)S(=O)(=O)c1cccc(C)c1. The molecule has 1 rings (SSSR count). The first-order valence-corrected chi connectivity index (χ1v) is 6.33. The zero-order valence-electron chi connectivity index (χ0n) is 9.42. The van der Waals surface area contributed by atoms with Gasteiger partial charge in [0, 0.05) is 0 Å². The summed E-state index contributed by atoms with van der Waals surface area (Å²) in [4.78, 5) is 0.156. The number of nitrogens with zero attached hydrogens (tertiary/aromatic N) is 2. The van der Waals surface area contributed by atoms with E-state index in [2.05, 4.69) is 5.92 Å². The van der Waals surface area contributed by atoms with Crippen molar-refractivity contribution in [1.29, 1.82) is 5.26 Å². The second-order valence-electron chi connectivity index (χ2n) is 3.45. The Morgan fingerprint density at radius 1 is 1.41 bits per heavy atom. The maximum atomic E-state index is 12.1. The van der Waals surface area contributed by atoms with E-state index < -0.39 is 10.0 Å². The third-order valence-corrected chi connectivity index (χ3v) is 3.93. The van der Waals surface area contributed by atoms with Crippen molar-refractivity contribution >= 4 is 10.0 Å². The number of terminal acetylenes is 1. The lowest BCUT2D eigenvalue weighted by molar-refractivity contribution is 0.481. The Morgan fingerprint density at radius 3 is 2.65 bits per heavy atom. The van der Waals surface area contributed by atoms with Crippen LogP contribution in [0.25, 0.3) is 0 Å². The number of nitriles is 1. The van der Waals surface area contributed by atoms with Gasteiger partial charge in [0.2, 0.25) is 10.0 Å². The van der Waals surface area contributed by atoms with Gasteiger partial charge in [0.05, 0.1) is 17.5 Å². The highest BCUT2D eigenvalue weighted by molar-refractivity contribution is 7.89. The summed E-state index contributed by atoms with van der Waals surface area (Å²) in [6.07, 6.45) is 5.10. The summed E-state index contributed by atoms with van der Waals surface area (Å²) in [6, 6.07) is 8.29. The molecular formula is C12H12N2O2S. The second-order valence-corrected chi connectivity index (χ2v) is 5.39. The molecule has 0 unspecified atom stereocenters. The van der Waals surface area contributed by atoms with Crippen molar-refractivity contribution in [2.24, 2.45) is 0 Å². The largest absolute Gasteiger partial charge is 0.244 e. The van der Waals surface area contributed by atoms with Crippen LogP contribution in [-0.4, -0.2) is 25.8 Å². The van der Waals surface area contributed by atoms with Gasteiger partial charge in [-0.05, 0) is 24.6 Å². The average Bonchev–Trinajstić information content (AvgIpc) is 2.29. The molecule has 0 saturated carbocycles. The number of sulfonamides is 1. The standard InChI is InChI=1S/C12H12N2O2S/c1-3-8-14(9-7-13)17(15,16)12-6-4-5-11(2)10-12/h1,4-6,10H,8-9H2,2H3. The third-order valence-electron chi connectivity index (χ3n) is 2.14. The Bertz CT molecular complexity index is 563. The number of aryl methyl sites for hydroxylation is 1. The van der Waals surface area contributed by atoms with E-state index in [1.807, 2.05) is 0 Å². The molecule has 0 aliphatic heterocycles. The topological polar surface area (TPSA) is 61.2 Å². The van der Waals surface area contributed by atoms with Gasteiger partial charge in [-0.1, -0.05) is 18.1 Å². The van der Waals surface area contributed by atoms with E-state index in [0.717, 1.165) is 9.87 Å². The normalized spacial score (nSPS) is 10.8. The van der Waals surface area contributed by atoms with Crippen molar-refractivity contribution in [2.45, 2.75) is 11.8 Å². The molecule has 0 fully saturated rings. The van der Waals surface area contributed by atoms with Crippen molar-refractivity contribution in [1.82, 2.24) is 4.31 Å². The minimum Gasteiger partial charge on any atom is -0.207 e. The number of hydrogen-bond acceptors (Lipinski definition) is 3. The second kappa shape index (κ2) is 5.49. The monoisotopic (exact) mass is 248 g/mol. The van der Waals surface area contributed by atoms with Gasteiger partial charge in [0.25, 0.3) is 0 Å². The lowest BCUT2D eigenvalue weighted by atomic mass is 10.2. The molecule has 0 N–H and O–H groups in total. The van der Waals surface area contributed by atoms with Crippen molar-refractivity contribution in [3.63, 3.8) is 0 Å². The molecule has 1 aromatic carbocycles. The Morgan fingerprint density at radius 2 is 2.12 bits per heavy atom. The molecule has 0 heterocycles. The smallest absolute Gasteiger partial charge is 0.207 e. The molecule has 5 heteroatoms. The van der Waals surface area contributed by atoms with Crippen molar-refractivity contribution in [3.05, 3.63) is 29.8 Å². The van der Waals surface area contributed by atoms with E-state index in [-0.39, 0.29) is 18.0 Å². The number of benzene rings is 1. The average molecular weight is 248 g/mol. The van der Waals surface area contributed by atoms with Gasteiger partial charge in [-0.15, -0.1) is 6.42 Å². The summed E-state index contributed by atoms with van der Waals surface area (Å²) in [5.74, 6) is 2.24. The zero-order valence-corrected chi connectivity index (χ0v) is 10.2. The van der Waals surface area contributed by atoms with E-state index in [9.17, 15) is 8.42 Å². The molecule has 1 aromatic rings. The van der Waals surface area contributed by atoms with Gasteiger partial charge in [0.1, 0.15) is 6.54 Å². The first kappa shape index (κ1) is 13.2. The molecule has 88 valence electrons. The Hall–Kier alpha value is -1.82. The Kier molecular flexibility index (Phi) is 4.28. The van der Waals surface area contributed by atoms with E-state index in [0.29, 0.717) is 0 Å². The summed E-state index contributed by atoms with van der Waals surface area (Å²) in [6.45, 7) is 1.44. The van der Waals surface area contributed by atoms with Crippen molar-refractivity contribution < 1.29 is 8.42 Å². The quantitative estimate of drug-likeness (QED) is 0.593. The van der Waals surface area contributed by atoms with Gasteiger partial charge in [0.15, 0.2) is 0 Å². The molecule has 0 spiro atoms. The summed E-state index contributed by atoms with van der Waals surface area (Å²) in [5.41, 5.74) is 0.837. The molecule has 0 aliphatic carbocycles. The molecule has 0 radical (unpaired) electrons. The van der Waals surface area contributed by atoms with E-state index in [1.54, 1.807) is 31.2 Å². The lowest BCUT2D eigenvalue weighted by Crippen LogP contribution is -2.31. The van der Waals surface area contributed by atoms with Gasteiger partial charge in [-0.3, -0.25) is 0 Å². The minimum atomic E-state index is -3.68. The van der Waals surface area contributed by atoms with Crippen LogP contribution in [0.1, 0.15) is 5.56 Å². The van der Waals surface area contributed by atoms with E-state index in [4.69, 9.17) is 11.7 Å². The van der Waals surface area contributed by atoms with Crippen LogP contribution in [0.15, 0.2) is 29.2 Å². The van der Waals surface area contributed by atoms with Gasteiger partial charge in [-0.2, -0.15) is 9.57 Å². The maximum absolute atomic E-state index is 12.1. The Balaban J connectivity index is 3.18. The predicted molar refractivity (Wildman–Crippen MR) is 64.4 cm³/mol. The van der Waals surface area contributed by atoms with Crippen LogP contribution in [0.3, 0.4) is 0 Å². The zero-order chi connectivity index (χ0) is 12.9. The van der Waals surface area contributed by atoms with E-state index in [1.165, 1.54) is 6.07 Å². The highest BCUT2D eigenvalue weighted by Crippen LogP contribution is 2.16. The van der Waals surface area contributed by atoms with Crippen LogP contribution in [0.4, 0.5) is 0 Å². The maximum Gasteiger partial charge on any atom is 0.244 e. The molecule has 0 aliphatic rings. The summed E-state index contributed by atoms with van der Waals surface area (Å²) in [5, 5.41) is 8.60. The van der Waals surface area contributed by atoms with Crippen LogP contribution in [0, 0.1) is 30.6 Å². The van der Waals surface area contributed by atoms with Crippen LogP contribution in [0.2, 0.25) is 0 Å². The van der Waals surface area contributed by atoms with Crippen LogP contribution < -0.4 is 0 Å². The molecule has 0 saturated heterocycles. The van der Waals surface area contributed by atoms with Gasteiger partial charge < -0.3 is 0 Å². The molecule has 0 atom stereocenters. The van der Waals surface area contributed by atoms with Crippen LogP contribution in [0.5, 0.6) is 0 Å². The fourth-order valence-electron chi connectivity index (χ4n) is 1.33. The predicted octanol–water partition coefficient (Wildman–Crippen LogP) is 1.14. The van der Waals surface area contributed by atoms with Crippen molar-refractivity contribution in [2.75, 3.05) is 13.1 Å². The molecule has 4 nitrogen and oxygen atoms in total. The fourth-order valence-corrected chi connectivity index (χ4v) is 2.69.